The van der Waals surface area contributed by atoms with Crippen LogP contribution >= 0.6 is 0 Å². The van der Waals surface area contributed by atoms with Gasteiger partial charge in [-0.15, -0.1) is 0 Å². The van der Waals surface area contributed by atoms with Gasteiger partial charge in [0.15, 0.2) is 0 Å². The van der Waals surface area contributed by atoms with Gasteiger partial charge in [-0.3, -0.25) is 9.59 Å². The van der Waals surface area contributed by atoms with Crippen molar-refractivity contribution < 1.29 is 19.1 Å². The van der Waals surface area contributed by atoms with E-state index in [2.05, 4.69) is 0 Å². The van der Waals surface area contributed by atoms with Gasteiger partial charge in [-0.1, -0.05) is 24.6 Å². The highest BCUT2D eigenvalue weighted by molar-refractivity contribution is 5.80. The molecule has 0 bridgehead atoms. The predicted molar refractivity (Wildman–Crippen MR) is 80.7 cm³/mol. The minimum absolute atomic E-state index is 0.0956. The van der Waals surface area contributed by atoms with Crippen LogP contribution in [0.25, 0.3) is 0 Å². The number of halogens is 1. The SMILES string of the molecule is C[C@H](c1ccccc1F)N(C)C(=O)[C@@H]1CCC[C@@H](C(=O)O)C1. The Morgan fingerprint density at radius 1 is 1.27 bits per heavy atom. The third-order valence-electron chi connectivity index (χ3n) is 4.66. The first-order chi connectivity index (χ1) is 10.4. The second-order valence-corrected chi connectivity index (χ2v) is 6.05. The third-order valence-corrected chi connectivity index (χ3v) is 4.66. The number of carboxylic acids is 1. The van der Waals surface area contributed by atoms with Gasteiger partial charge < -0.3 is 10.0 Å². The first-order valence-electron chi connectivity index (χ1n) is 7.65. The molecule has 0 aromatic heterocycles. The monoisotopic (exact) mass is 307 g/mol. The van der Waals surface area contributed by atoms with E-state index >= 15 is 0 Å². The van der Waals surface area contributed by atoms with Crippen LogP contribution in [0.15, 0.2) is 24.3 Å². The third kappa shape index (κ3) is 3.46. The molecule has 1 saturated carbocycles. The van der Waals surface area contributed by atoms with Crippen LogP contribution in [0.4, 0.5) is 4.39 Å². The lowest BCUT2D eigenvalue weighted by atomic mass is 9.80. The molecule has 1 amide bonds. The van der Waals surface area contributed by atoms with Crippen LogP contribution < -0.4 is 0 Å². The zero-order valence-electron chi connectivity index (χ0n) is 13.0. The Balaban J connectivity index is 2.08. The largest absolute Gasteiger partial charge is 0.481 e. The molecule has 0 radical (unpaired) electrons. The highest BCUT2D eigenvalue weighted by Crippen LogP contribution is 2.32. The van der Waals surface area contributed by atoms with Crippen molar-refractivity contribution in [1.82, 2.24) is 4.90 Å². The molecule has 2 rings (SSSR count). The molecule has 0 aliphatic heterocycles. The smallest absolute Gasteiger partial charge is 0.306 e. The van der Waals surface area contributed by atoms with Gasteiger partial charge in [0.2, 0.25) is 5.91 Å². The van der Waals surface area contributed by atoms with Crippen molar-refractivity contribution in [3.63, 3.8) is 0 Å². The summed E-state index contributed by atoms with van der Waals surface area (Å²) in [7, 11) is 1.66. The van der Waals surface area contributed by atoms with Crippen molar-refractivity contribution in [2.45, 2.75) is 38.6 Å². The fourth-order valence-corrected chi connectivity index (χ4v) is 3.14. The van der Waals surface area contributed by atoms with Crippen LogP contribution in [0.1, 0.15) is 44.2 Å². The van der Waals surface area contributed by atoms with E-state index < -0.39 is 11.9 Å². The maximum Gasteiger partial charge on any atom is 0.306 e. The molecule has 0 heterocycles. The van der Waals surface area contributed by atoms with Crippen molar-refractivity contribution >= 4 is 11.9 Å². The van der Waals surface area contributed by atoms with Crippen LogP contribution in [0.2, 0.25) is 0 Å². The average Bonchev–Trinajstić information content (AvgIpc) is 2.53. The van der Waals surface area contributed by atoms with Gasteiger partial charge in [0.1, 0.15) is 5.82 Å². The molecule has 5 heteroatoms. The second-order valence-electron chi connectivity index (χ2n) is 6.05. The van der Waals surface area contributed by atoms with Crippen molar-refractivity contribution in [2.24, 2.45) is 11.8 Å². The van der Waals surface area contributed by atoms with Crippen molar-refractivity contribution in [3.05, 3.63) is 35.6 Å². The van der Waals surface area contributed by atoms with E-state index in [1.54, 1.807) is 32.2 Å². The molecule has 0 saturated heterocycles. The first kappa shape index (κ1) is 16.5. The van der Waals surface area contributed by atoms with Gasteiger partial charge in [0.05, 0.1) is 12.0 Å². The van der Waals surface area contributed by atoms with Gasteiger partial charge in [-0.05, 0) is 32.3 Å². The normalized spacial score (nSPS) is 22.9. The van der Waals surface area contributed by atoms with E-state index in [0.29, 0.717) is 24.8 Å². The molecule has 22 heavy (non-hydrogen) atoms. The van der Waals surface area contributed by atoms with Gasteiger partial charge >= 0.3 is 5.97 Å². The Bertz CT molecular complexity index is 561. The number of carbonyl (C=O) groups is 2. The lowest BCUT2D eigenvalue weighted by Crippen LogP contribution is -2.38. The fourth-order valence-electron chi connectivity index (χ4n) is 3.14. The average molecular weight is 307 g/mol. The molecule has 1 fully saturated rings. The van der Waals surface area contributed by atoms with E-state index in [9.17, 15) is 14.0 Å². The Morgan fingerprint density at radius 3 is 2.55 bits per heavy atom. The maximum absolute atomic E-state index is 13.9. The molecule has 1 aliphatic rings. The topological polar surface area (TPSA) is 57.6 Å². The van der Waals surface area contributed by atoms with E-state index in [0.717, 1.165) is 6.42 Å². The highest BCUT2D eigenvalue weighted by Gasteiger charge is 2.33. The molecule has 1 aliphatic carbocycles. The van der Waals surface area contributed by atoms with Gasteiger partial charge in [0, 0.05) is 18.5 Å². The summed E-state index contributed by atoms with van der Waals surface area (Å²) in [5.74, 6) is -1.99. The molecule has 0 unspecified atom stereocenters. The summed E-state index contributed by atoms with van der Waals surface area (Å²) in [4.78, 5) is 25.3. The number of aliphatic carboxylic acids is 1. The standard InChI is InChI=1S/C17H22FNO3/c1-11(14-8-3-4-9-15(14)18)19(2)16(20)12-6-5-7-13(10-12)17(21)22/h3-4,8-9,11-13H,5-7,10H2,1-2H3,(H,21,22)/t11-,12-,13-/m1/s1. The summed E-state index contributed by atoms with van der Waals surface area (Å²) < 4.78 is 13.9. The summed E-state index contributed by atoms with van der Waals surface area (Å²) in [6.45, 7) is 1.79. The lowest BCUT2D eigenvalue weighted by molar-refractivity contribution is -0.145. The van der Waals surface area contributed by atoms with Crippen molar-refractivity contribution in [1.29, 1.82) is 0 Å². The number of rotatable bonds is 4. The van der Waals surface area contributed by atoms with E-state index in [1.807, 2.05) is 0 Å². The highest BCUT2D eigenvalue weighted by atomic mass is 19.1. The van der Waals surface area contributed by atoms with Crippen LogP contribution in [0, 0.1) is 17.7 Å². The number of carbonyl (C=O) groups excluding carboxylic acids is 1. The fraction of sp³-hybridized carbons (Fsp3) is 0.529. The van der Waals surface area contributed by atoms with Gasteiger partial charge in [0.25, 0.3) is 0 Å². The van der Waals surface area contributed by atoms with E-state index in [1.165, 1.54) is 11.0 Å². The van der Waals surface area contributed by atoms with Gasteiger partial charge in [-0.2, -0.15) is 0 Å². The van der Waals surface area contributed by atoms with Crippen LogP contribution in [0.3, 0.4) is 0 Å². The minimum atomic E-state index is -0.831. The number of carboxylic acid groups (broad SMARTS) is 1. The summed E-state index contributed by atoms with van der Waals surface area (Å²) in [5, 5.41) is 9.13. The molecular formula is C17H22FNO3. The summed E-state index contributed by atoms with van der Waals surface area (Å²) >= 11 is 0. The molecule has 120 valence electrons. The number of hydrogen-bond donors (Lipinski definition) is 1. The first-order valence-corrected chi connectivity index (χ1v) is 7.65. The molecule has 1 aromatic carbocycles. The van der Waals surface area contributed by atoms with Crippen molar-refractivity contribution in [2.75, 3.05) is 7.05 Å². The summed E-state index contributed by atoms with van der Waals surface area (Å²) in [6, 6.07) is 6.04. The zero-order valence-corrected chi connectivity index (χ0v) is 13.0. The van der Waals surface area contributed by atoms with Gasteiger partial charge in [-0.25, -0.2) is 4.39 Å². The van der Waals surface area contributed by atoms with Crippen LogP contribution in [-0.2, 0) is 9.59 Å². The Labute approximate surface area is 129 Å². The minimum Gasteiger partial charge on any atom is -0.481 e. The molecule has 4 nitrogen and oxygen atoms in total. The zero-order chi connectivity index (χ0) is 16.3. The summed E-state index contributed by atoms with van der Waals surface area (Å²) in [6.07, 6.45) is 2.46. The Morgan fingerprint density at radius 2 is 1.91 bits per heavy atom. The lowest BCUT2D eigenvalue weighted by Gasteiger charge is -2.32. The summed E-state index contributed by atoms with van der Waals surface area (Å²) in [5.41, 5.74) is 0.476. The molecule has 1 N–H and O–H groups in total. The molecular weight excluding hydrogens is 285 g/mol. The van der Waals surface area contributed by atoms with Crippen LogP contribution in [-0.4, -0.2) is 28.9 Å². The quantitative estimate of drug-likeness (QED) is 0.929. The second kappa shape index (κ2) is 6.90. The Hall–Kier alpha value is -1.91. The van der Waals surface area contributed by atoms with E-state index in [4.69, 9.17) is 5.11 Å². The molecule has 1 aromatic rings. The number of nitrogens with zero attached hydrogens (tertiary/aromatic N) is 1. The predicted octanol–water partition coefficient (Wildman–Crippen LogP) is 3.24. The maximum atomic E-state index is 13.9. The molecule has 3 atom stereocenters. The van der Waals surface area contributed by atoms with Crippen molar-refractivity contribution in [3.8, 4) is 0 Å². The number of amides is 1. The van der Waals surface area contributed by atoms with Crippen LogP contribution in [0.5, 0.6) is 0 Å². The number of hydrogen-bond acceptors (Lipinski definition) is 2. The molecule has 0 spiro atoms. The van der Waals surface area contributed by atoms with E-state index in [-0.39, 0.29) is 23.7 Å². The number of benzene rings is 1. The Kier molecular flexibility index (Phi) is 5.16.